The highest BCUT2D eigenvalue weighted by Gasteiger charge is 2.45. The van der Waals surface area contributed by atoms with E-state index in [1.54, 1.807) is 30.3 Å². The molecule has 1 saturated heterocycles. The predicted molar refractivity (Wildman–Crippen MR) is 122 cm³/mol. The van der Waals surface area contributed by atoms with Gasteiger partial charge in [-0.2, -0.15) is 4.89 Å². The molecule has 1 aliphatic heterocycles. The molecule has 0 aliphatic carbocycles. The van der Waals surface area contributed by atoms with Crippen LogP contribution in [0.15, 0.2) is 36.4 Å². The number of terminal acetylenes is 1. The molecule has 6 atom stereocenters. The molecule has 9 nitrogen and oxygen atoms in total. The standard InChI is InChI=1S/C23H26NO8P/c1-2-3-4-5-19(25)24-16-8-6-15-13-17(9-7-14(15)12-16)31-23-22(28)21(27)20(26)18(32-23)10-11-33(29)30/h1,6-9,12-13,18,20-23,26-28H,3-5,10-11H2,(H-,24,25,29,30)/p+1/t18-,20-,21+,22+,23+/m1/s1. The number of carbonyl (C=O) groups is 1. The Morgan fingerprint density at radius 3 is 2.58 bits per heavy atom. The molecule has 1 fully saturated rings. The molecule has 0 spiro atoms. The van der Waals surface area contributed by atoms with E-state index in [1.807, 2.05) is 6.07 Å². The van der Waals surface area contributed by atoms with Crippen LogP contribution >= 0.6 is 8.03 Å². The van der Waals surface area contributed by atoms with Crippen molar-refractivity contribution in [2.75, 3.05) is 11.5 Å². The minimum atomic E-state index is -2.42. The van der Waals surface area contributed by atoms with Crippen molar-refractivity contribution >= 4 is 30.4 Å². The fourth-order valence-electron chi connectivity index (χ4n) is 3.57. The van der Waals surface area contributed by atoms with E-state index in [0.29, 0.717) is 30.7 Å². The number of anilines is 1. The van der Waals surface area contributed by atoms with Gasteiger partial charge in [-0.05, 0) is 46.0 Å². The molecule has 0 saturated carbocycles. The number of unbranched alkanes of at least 4 members (excludes halogenated alkanes) is 1. The highest BCUT2D eigenvalue weighted by Crippen LogP contribution is 2.30. The lowest BCUT2D eigenvalue weighted by Gasteiger charge is -2.39. The molecule has 5 N–H and O–H groups in total. The molecule has 0 bridgehead atoms. The number of aliphatic hydroxyl groups excluding tert-OH is 3. The summed E-state index contributed by atoms with van der Waals surface area (Å²) >= 11 is 0. The van der Waals surface area contributed by atoms with Crippen LogP contribution in [0.1, 0.15) is 25.7 Å². The van der Waals surface area contributed by atoms with Crippen molar-refractivity contribution < 1.29 is 39.0 Å². The van der Waals surface area contributed by atoms with E-state index in [-0.39, 0.29) is 18.5 Å². The van der Waals surface area contributed by atoms with Crippen molar-refractivity contribution in [1.82, 2.24) is 0 Å². The van der Waals surface area contributed by atoms with Crippen LogP contribution in [0.25, 0.3) is 10.8 Å². The Morgan fingerprint density at radius 1 is 1.12 bits per heavy atom. The molecule has 2 aromatic carbocycles. The summed E-state index contributed by atoms with van der Waals surface area (Å²) < 4.78 is 22.3. The van der Waals surface area contributed by atoms with Gasteiger partial charge in [-0.15, -0.1) is 12.3 Å². The molecular weight excluding hydrogens is 449 g/mol. The Kier molecular flexibility index (Phi) is 8.75. The third kappa shape index (κ3) is 6.71. The van der Waals surface area contributed by atoms with Gasteiger partial charge < -0.3 is 30.1 Å². The van der Waals surface area contributed by atoms with Gasteiger partial charge >= 0.3 is 8.03 Å². The predicted octanol–water partition coefficient (Wildman–Crippen LogP) is 1.89. The van der Waals surface area contributed by atoms with Gasteiger partial charge in [-0.3, -0.25) is 4.79 Å². The maximum absolute atomic E-state index is 12.0. The van der Waals surface area contributed by atoms with Gasteiger partial charge in [0.1, 0.15) is 24.1 Å². The zero-order chi connectivity index (χ0) is 24.0. The number of carbonyl (C=O) groups excluding carboxylic acids is 1. The summed E-state index contributed by atoms with van der Waals surface area (Å²) in [5.41, 5.74) is 0.648. The highest BCUT2D eigenvalue weighted by atomic mass is 31.1. The van der Waals surface area contributed by atoms with Crippen LogP contribution in [0.5, 0.6) is 5.75 Å². The minimum Gasteiger partial charge on any atom is -0.462 e. The zero-order valence-electron chi connectivity index (χ0n) is 17.8. The molecular formula is C23H27NO8P+. The topological polar surface area (TPSA) is 146 Å². The summed E-state index contributed by atoms with van der Waals surface area (Å²) in [4.78, 5) is 21.0. The van der Waals surface area contributed by atoms with E-state index in [9.17, 15) is 24.7 Å². The average Bonchev–Trinajstić information content (AvgIpc) is 2.78. The monoisotopic (exact) mass is 476 g/mol. The third-order valence-corrected chi connectivity index (χ3v) is 5.99. The summed E-state index contributed by atoms with van der Waals surface area (Å²) in [7, 11) is -2.42. The van der Waals surface area contributed by atoms with Crippen molar-refractivity contribution in [3.63, 3.8) is 0 Å². The van der Waals surface area contributed by atoms with E-state index >= 15 is 0 Å². The molecule has 176 valence electrons. The Balaban J connectivity index is 1.67. The first-order valence-electron chi connectivity index (χ1n) is 10.6. The van der Waals surface area contributed by atoms with Gasteiger partial charge in [0.05, 0.1) is 6.10 Å². The highest BCUT2D eigenvalue weighted by molar-refractivity contribution is 7.37. The summed E-state index contributed by atoms with van der Waals surface area (Å²) in [6, 6.07) is 10.5. The van der Waals surface area contributed by atoms with E-state index in [4.69, 9.17) is 20.8 Å². The van der Waals surface area contributed by atoms with Crippen molar-refractivity contribution in [2.45, 2.75) is 56.4 Å². The molecule has 1 amide bonds. The van der Waals surface area contributed by atoms with Crippen LogP contribution in [0.2, 0.25) is 0 Å². The lowest BCUT2D eigenvalue weighted by molar-refractivity contribution is -0.272. The largest absolute Gasteiger partial charge is 0.505 e. The maximum atomic E-state index is 12.0. The van der Waals surface area contributed by atoms with Crippen molar-refractivity contribution in [3.8, 4) is 18.1 Å². The second kappa shape index (κ2) is 11.5. The van der Waals surface area contributed by atoms with Crippen molar-refractivity contribution in [1.29, 1.82) is 0 Å². The smallest absolute Gasteiger partial charge is 0.462 e. The number of amides is 1. The maximum Gasteiger partial charge on any atom is 0.505 e. The van der Waals surface area contributed by atoms with Crippen LogP contribution in [0, 0.1) is 12.3 Å². The van der Waals surface area contributed by atoms with E-state index < -0.39 is 38.7 Å². The summed E-state index contributed by atoms with van der Waals surface area (Å²) in [5, 5.41) is 35.0. The number of rotatable bonds is 9. The quantitative estimate of drug-likeness (QED) is 0.210. The second-order valence-electron chi connectivity index (χ2n) is 7.83. The van der Waals surface area contributed by atoms with Crippen molar-refractivity contribution in [2.24, 2.45) is 0 Å². The Labute approximate surface area is 192 Å². The first-order chi connectivity index (χ1) is 15.8. The van der Waals surface area contributed by atoms with E-state index in [0.717, 1.165) is 10.8 Å². The van der Waals surface area contributed by atoms with Crippen molar-refractivity contribution in [3.05, 3.63) is 36.4 Å². The van der Waals surface area contributed by atoms with Crippen LogP contribution in [-0.4, -0.2) is 63.0 Å². The Hall–Kier alpha value is -2.57. The van der Waals surface area contributed by atoms with Gasteiger partial charge in [0.15, 0.2) is 6.16 Å². The molecule has 2 aromatic rings. The number of hydrogen-bond donors (Lipinski definition) is 5. The number of benzene rings is 2. The molecule has 10 heteroatoms. The Morgan fingerprint density at radius 2 is 1.85 bits per heavy atom. The fourth-order valence-corrected chi connectivity index (χ4v) is 4.05. The summed E-state index contributed by atoms with van der Waals surface area (Å²) in [6.45, 7) is 0. The number of aliphatic hydroxyl groups is 3. The zero-order valence-corrected chi connectivity index (χ0v) is 18.7. The van der Waals surface area contributed by atoms with Gasteiger partial charge in [-0.1, -0.05) is 12.1 Å². The lowest BCUT2D eigenvalue weighted by Crippen LogP contribution is -2.59. The van der Waals surface area contributed by atoms with E-state index in [2.05, 4.69) is 11.2 Å². The SMILES string of the molecule is C#CCCCC(=O)Nc1ccc2cc(O[C@H]3O[C@H](CC[P+](=O)O)[C@@H](O)[C@H](O)[C@@H]3O)ccc2c1. The summed E-state index contributed by atoms with van der Waals surface area (Å²) in [6.07, 6.45) is -0.0868. The summed E-state index contributed by atoms with van der Waals surface area (Å²) in [5.74, 6) is 2.74. The third-order valence-electron chi connectivity index (χ3n) is 5.35. The number of fused-ring (bicyclic) bond motifs is 1. The van der Waals surface area contributed by atoms with Gasteiger partial charge in [0.25, 0.3) is 0 Å². The van der Waals surface area contributed by atoms with Gasteiger partial charge in [0, 0.05) is 24.9 Å². The molecule has 3 rings (SSSR count). The van der Waals surface area contributed by atoms with Crippen LogP contribution in [-0.2, 0) is 14.1 Å². The van der Waals surface area contributed by atoms with Crippen LogP contribution in [0.4, 0.5) is 5.69 Å². The molecule has 0 aromatic heterocycles. The first-order valence-corrected chi connectivity index (χ1v) is 11.9. The molecule has 1 heterocycles. The number of hydrogen-bond acceptors (Lipinski definition) is 7. The fraction of sp³-hybridized carbons (Fsp3) is 0.435. The number of nitrogens with one attached hydrogen (secondary N) is 1. The van der Waals surface area contributed by atoms with Gasteiger partial charge in [0.2, 0.25) is 12.2 Å². The lowest BCUT2D eigenvalue weighted by atomic mass is 9.97. The minimum absolute atomic E-state index is 0.0193. The Bertz CT molecular complexity index is 1040. The van der Waals surface area contributed by atoms with Gasteiger partial charge in [-0.25, -0.2) is 0 Å². The second-order valence-corrected chi connectivity index (χ2v) is 8.98. The molecule has 1 unspecified atom stereocenters. The molecule has 33 heavy (non-hydrogen) atoms. The normalized spacial score (nSPS) is 25.3. The first kappa shape index (κ1) is 25.1. The van der Waals surface area contributed by atoms with Crippen LogP contribution < -0.4 is 10.1 Å². The van der Waals surface area contributed by atoms with E-state index in [1.165, 1.54) is 0 Å². The average molecular weight is 476 g/mol. The van der Waals surface area contributed by atoms with Crippen LogP contribution in [0.3, 0.4) is 0 Å². The molecule has 1 aliphatic rings. The number of ether oxygens (including phenoxy) is 2. The molecule has 0 radical (unpaired) electrons.